The van der Waals surface area contributed by atoms with Crippen LogP contribution in [0, 0.1) is 0 Å². The second-order valence-corrected chi connectivity index (χ2v) is 4.34. The van der Waals surface area contributed by atoms with Gasteiger partial charge in [-0.2, -0.15) is 0 Å². The van der Waals surface area contributed by atoms with E-state index in [-0.39, 0.29) is 33.8 Å². The van der Waals surface area contributed by atoms with Crippen LogP contribution in [0.15, 0.2) is 0 Å². The van der Waals surface area contributed by atoms with Crippen molar-refractivity contribution in [2.24, 2.45) is 0 Å². The summed E-state index contributed by atoms with van der Waals surface area (Å²) in [7, 11) is -1.50. The molecule has 0 radical (unpaired) electrons. The van der Waals surface area contributed by atoms with Gasteiger partial charge < -0.3 is 4.89 Å². The van der Waals surface area contributed by atoms with Crippen LogP contribution in [0.1, 0.15) is 13.3 Å². The van der Waals surface area contributed by atoms with E-state index in [0.29, 0.717) is 0 Å². The first kappa shape index (κ1) is 12.2. The first-order valence-electron chi connectivity index (χ1n) is 2.91. The van der Waals surface area contributed by atoms with Crippen LogP contribution in [0.3, 0.4) is 0 Å². The van der Waals surface area contributed by atoms with E-state index in [1.54, 1.807) is 2.52 Å². The van der Waals surface area contributed by atoms with E-state index in [9.17, 15) is 0 Å². The van der Waals surface area contributed by atoms with Crippen molar-refractivity contribution in [1.29, 1.82) is 0 Å². The van der Waals surface area contributed by atoms with Gasteiger partial charge in [-0.05, 0) is 0 Å². The molecule has 1 unspecified atom stereocenters. The van der Waals surface area contributed by atoms with Gasteiger partial charge in [0.25, 0.3) is 0 Å². The molecular weight excluding hydrogens is 151 g/mol. The van der Waals surface area contributed by atoms with E-state index in [1.165, 1.54) is 6.42 Å². The van der Waals surface area contributed by atoms with E-state index in [2.05, 4.69) is 9.94 Å². The molecule has 0 fully saturated rings. The minimum Gasteiger partial charge on any atom is -0.348 e. The van der Waals surface area contributed by atoms with E-state index < -0.39 is 8.69 Å². The van der Waals surface area contributed by atoms with Gasteiger partial charge in [0, 0.05) is 0 Å². The molecule has 0 saturated heterocycles. The SMILES string of the molecule is CC[CH2][Ca][CH3].O=[PH2]O. The van der Waals surface area contributed by atoms with Crippen LogP contribution in [0.25, 0.3) is 0 Å². The fourth-order valence-electron chi connectivity index (χ4n) is 0.354. The van der Waals surface area contributed by atoms with Gasteiger partial charge in [-0.15, -0.1) is 0 Å². The van der Waals surface area contributed by atoms with Crippen molar-refractivity contribution in [2.75, 3.05) is 0 Å². The Kier molecular flexibility index (Phi) is 24.0. The molecule has 1 atom stereocenters. The predicted molar refractivity (Wildman–Crippen MR) is 39.3 cm³/mol. The monoisotopic (exact) mass is 164 g/mol. The smallest absolute Gasteiger partial charge is 0.177 e. The Morgan fingerprint density at radius 2 is 2.12 bits per heavy atom. The minimum absolute atomic E-state index is 0.0885. The second-order valence-electron chi connectivity index (χ2n) is 1.46. The molecular formula is C4H13CaO2P. The Balaban J connectivity index is 0. The molecule has 0 aromatic carbocycles. The summed E-state index contributed by atoms with van der Waals surface area (Å²) in [5, 5.41) is 0. The van der Waals surface area contributed by atoms with Crippen molar-refractivity contribution in [3.05, 3.63) is 0 Å². The Hall–Kier alpha value is 1.45. The normalized spacial score (nSPS) is 7.88. The number of hydrogen-bond acceptors (Lipinski definition) is 1. The van der Waals surface area contributed by atoms with E-state index in [1.807, 2.05) is 0 Å². The van der Waals surface area contributed by atoms with Gasteiger partial charge in [0.2, 0.25) is 0 Å². The van der Waals surface area contributed by atoms with Crippen LogP contribution in [-0.4, -0.2) is 38.7 Å². The van der Waals surface area contributed by atoms with Gasteiger partial charge in [0.05, 0.1) is 0 Å². The largest absolute Gasteiger partial charge is 0.348 e. The van der Waals surface area contributed by atoms with Crippen molar-refractivity contribution < 1.29 is 9.46 Å². The molecule has 8 heavy (non-hydrogen) atoms. The summed E-state index contributed by atoms with van der Waals surface area (Å²) in [5.41, 5.74) is 0. The van der Waals surface area contributed by atoms with Gasteiger partial charge >= 0.3 is 52.7 Å². The predicted octanol–water partition coefficient (Wildman–Crippen LogP) is 1.22. The zero-order valence-electron chi connectivity index (χ0n) is 5.55. The maximum absolute atomic E-state index is 8.57. The van der Waals surface area contributed by atoms with Crippen LogP contribution < -0.4 is 0 Å². The summed E-state index contributed by atoms with van der Waals surface area (Å²) >= 11 is 0.0885. The molecule has 0 aliphatic carbocycles. The Bertz CT molecular complexity index is 41.0. The standard InChI is InChI=1S/C3H7.CH3.Ca.H3O2P/c1-3-2;;;1-3-2/h1,3H2,2H3;1H3;;3H2,(H,1,2). The van der Waals surface area contributed by atoms with Crippen molar-refractivity contribution in [3.63, 3.8) is 0 Å². The Morgan fingerprint density at radius 1 is 1.75 bits per heavy atom. The van der Waals surface area contributed by atoms with Crippen LogP contribution in [0.5, 0.6) is 0 Å². The van der Waals surface area contributed by atoms with Crippen LogP contribution in [0.2, 0.25) is 5.54 Å². The quantitative estimate of drug-likeness (QED) is 0.492. The fourth-order valence-corrected chi connectivity index (χ4v) is 1.46. The van der Waals surface area contributed by atoms with Gasteiger partial charge in [0.15, 0.2) is 8.69 Å². The maximum atomic E-state index is 8.57. The van der Waals surface area contributed by atoms with Crippen LogP contribution in [-0.2, 0) is 4.57 Å². The first-order chi connectivity index (χ1) is 3.83. The van der Waals surface area contributed by atoms with Gasteiger partial charge in [-0.1, -0.05) is 0 Å². The topological polar surface area (TPSA) is 37.3 Å². The average Bonchev–Trinajstić information content (AvgIpc) is 1.71. The zero-order valence-corrected chi connectivity index (χ0v) is 8.92. The fraction of sp³-hybridized carbons (Fsp3) is 1.00. The molecule has 0 bridgehead atoms. The molecule has 0 aliphatic heterocycles. The van der Waals surface area contributed by atoms with E-state index in [4.69, 9.17) is 9.46 Å². The summed E-state index contributed by atoms with van der Waals surface area (Å²) in [6.07, 6.45) is 1.43. The third-order valence-corrected chi connectivity index (χ3v) is 2.92. The van der Waals surface area contributed by atoms with E-state index >= 15 is 0 Å². The number of hydrogen-bond donors (Lipinski definition) is 1. The van der Waals surface area contributed by atoms with Gasteiger partial charge in [0.1, 0.15) is 0 Å². The summed E-state index contributed by atoms with van der Waals surface area (Å²) in [6.45, 7) is 2.26. The molecule has 0 aromatic rings. The maximum Gasteiger partial charge on any atom is 0.177 e. The molecule has 0 saturated carbocycles. The average molecular weight is 164 g/mol. The third kappa shape index (κ3) is 26.0. The summed E-state index contributed by atoms with van der Waals surface area (Å²) < 4.78 is 12.5. The minimum atomic E-state index is -1.50. The molecule has 48 valence electrons. The summed E-state index contributed by atoms with van der Waals surface area (Å²) in [4.78, 5) is 7.10. The molecule has 0 rings (SSSR count). The molecule has 4 heteroatoms. The zero-order chi connectivity index (χ0) is 6.83. The van der Waals surface area contributed by atoms with Gasteiger partial charge in [-0.3, -0.25) is 4.57 Å². The van der Waals surface area contributed by atoms with Crippen molar-refractivity contribution in [2.45, 2.75) is 18.9 Å². The number of rotatable bonds is 2. The molecule has 0 amide bonds. The second kappa shape index (κ2) is 15.8. The summed E-state index contributed by atoms with van der Waals surface area (Å²) in [6, 6.07) is 0. The van der Waals surface area contributed by atoms with Crippen LogP contribution in [0.4, 0.5) is 0 Å². The third-order valence-electron chi connectivity index (χ3n) is 0.707. The van der Waals surface area contributed by atoms with Crippen molar-refractivity contribution >= 4 is 42.5 Å². The Morgan fingerprint density at radius 3 is 2.12 bits per heavy atom. The molecule has 0 spiro atoms. The summed E-state index contributed by atoms with van der Waals surface area (Å²) in [5.74, 6) is 0. The molecule has 0 heterocycles. The van der Waals surface area contributed by atoms with Crippen molar-refractivity contribution in [3.8, 4) is 0 Å². The molecule has 0 aliphatic rings. The first-order valence-corrected chi connectivity index (χ1v) is 7.67. The molecule has 1 N–H and O–H groups in total. The molecule has 2 nitrogen and oxygen atoms in total. The van der Waals surface area contributed by atoms with Crippen molar-refractivity contribution in [1.82, 2.24) is 0 Å². The van der Waals surface area contributed by atoms with Gasteiger partial charge in [-0.25, -0.2) is 0 Å². The van der Waals surface area contributed by atoms with Crippen LogP contribution >= 0.6 is 8.69 Å². The van der Waals surface area contributed by atoms with E-state index in [0.717, 1.165) is 0 Å². The Labute approximate surface area is 70.3 Å². The molecule has 0 aromatic heterocycles.